The Morgan fingerprint density at radius 2 is 2.00 bits per heavy atom. The van der Waals surface area contributed by atoms with Crippen LogP contribution in [-0.2, 0) is 9.59 Å². The third-order valence-corrected chi connectivity index (χ3v) is 3.24. The minimum absolute atomic E-state index is 0.152. The lowest BCUT2D eigenvalue weighted by Gasteiger charge is -2.29. The summed E-state index contributed by atoms with van der Waals surface area (Å²) in [6.45, 7) is 5.40. The van der Waals surface area contributed by atoms with E-state index in [-0.39, 0.29) is 24.1 Å². The number of halogens is 1. The second-order valence-corrected chi connectivity index (χ2v) is 5.31. The number of benzene rings is 1. The molecule has 5 heteroatoms. The molecule has 1 aliphatic rings. The number of amides is 2. The monoisotopic (exact) mass is 264 g/mol. The number of carbonyl (C=O) groups excluding carboxylic acids is 2. The van der Waals surface area contributed by atoms with Crippen molar-refractivity contribution in [1.29, 1.82) is 0 Å². The molecule has 0 unspecified atom stereocenters. The molecule has 19 heavy (non-hydrogen) atoms. The summed E-state index contributed by atoms with van der Waals surface area (Å²) < 4.78 is 13.1. The number of nitrogens with one attached hydrogen (secondary N) is 1. The molecule has 1 heterocycles. The van der Waals surface area contributed by atoms with Crippen LogP contribution in [0.4, 0.5) is 10.1 Å². The van der Waals surface area contributed by atoms with Gasteiger partial charge in [-0.2, -0.15) is 0 Å². The highest BCUT2D eigenvalue weighted by Gasteiger charge is 2.37. The van der Waals surface area contributed by atoms with E-state index >= 15 is 0 Å². The normalized spacial score (nSPS) is 19.1. The zero-order valence-corrected chi connectivity index (χ0v) is 11.3. The average Bonchev–Trinajstić information content (AvgIpc) is 2.38. The van der Waals surface area contributed by atoms with Gasteiger partial charge in [-0.15, -0.1) is 0 Å². The van der Waals surface area contributed by atoms with Crippen LogP contribution in [0.5, 0.6) is 0 Å². The van der Waals surface area contributed by atoms with Crippen LogP contribution in [0.2, 0.25) is 0 Å². The fourth-order valence-corrected chi connectivity index (χ4v) is 2.27. The predicted octanol–water partition coefficient (Wildman–Crippen LogP) is 1.77. The van der Waals surface area contributed by atoms with Crippen molar-refractivity contribution in [3.05, 3.63) is 29.6 Å². The summed E-state index contributed by atoms with van der Waals surface area (Å²) in [5, 5.41) is 2.69. The Labute approximate surface area is 111 Å². The van der Waals surface area contributed by atoms with Crippen molar-refractivity contribution in [2.24, 2.45) is 0 Å². The molecule has 0 saturated carbocycles. The van der Waals surface area contributed by atoms with E-state index in [4.69, 9.17) is 0 Å². The van der Waals surface area contributed by atoms with E-state index in [0.717, 1.165) is 0 Å². The molecule has 2 rings (SSSR count). The van der Waals surface area contributed by atoms with Crippen molar-refractivity contribution in [3.8, 4) is 0 Å². The number of anilines is 1. The Kier molecular flexibility index (Phi) is 3.30. The molecule has 0 radical (unpaired) electrons. The topological polar surface area (TPSA) is 49.4 Å². The lowest BCUT2D eigenvalue weighted by atomic mass is 10.0. The van der Waals surface area contributed by atoms with E-state index in [1.54, 1.807) is 31.7 Å². The largest absolute Gasteiger partial charge is 0.342 e. The summed E-state index contributed by atoms with van der Waals surface area (Å²) >= 11 is 0. The number of carbonyl (C=O) groups is 2. The fraction of sp³-hybridized carbons (Fsp3) is 0.429. The summed E-state index contributed by atoms with van der Waals surface area (Å²) in [6, 6.07) is 4.28. The van der Waals surface area contributed by atoms with Gasteiger partial charge in [0.25, 0.3) is 5.91 Å². The molecule has 1 aromatic carbocycles. The molecule has 1 aromatic rings. The van der Waals surface area contributed by atoms with Gasteiger partial charge in [0.2, 0.25) is 5.91 Å². The quantitative estimate of drug-likeness (QED) is 0.840. The Morgan fingerprint density at radius 3 is 2.63 bits per heavy atom. The highest BCUT2D eigenvalue weighted by molar-refractivity contribution is 6.04. The standard InChI is InChI=1S/C14H17FN2O2/c1-9-8-10(15)4-5-11(9)17-7-6-12(18)16-14(2,3)13(17)19/h4-5,8H,6-7H2,1-3H3,(H,16,18). The van der Waals surface area contributed by atoms with Gasteiger partial charge in [-0.25, -0.2) is 4.39 Å². The van der Waals surface area contributed by atoms with E-state index in [0.29, 0.717) is 17.8 Å². The molecule has 102 valence electrons. The van der Waals surface area contributed by atoms with Crippen LogP contribution in [0.3, 0.4) is 0 Å². The van der Waals surface area contributed by atoms with Crippen LogP contribution >= 0.6 is 0 Å². The number of rotatable bonds is 1. The molecule has 2 amide bonds. The first-order valence-corrected chi connectivity index (χ1v) is 6.20. The maximum absolute atomic E-state index is 13.1. The lowest BCUT2D eigenvalue weighted by molar-refractivity contribution is -0.128. The number of nitrogens with zero attached hydrogens (tertiary/aromatic N) is 1. The molecule has 4 nitrogen and oxygen atoms in total. The highest BCUT2D eigenvalue weighted by atomic mass is 19.1. The Bertz CT molecular complexity index is 540. The zero-order valence-electron chi connectivity index (χ0n) is 11.3. The van der Waals surface area contributed by atoms with E-state index in [1.807, 2.05) is 0 Å². The predicted molar refractivity (Wildman–Crippen MR) is 70.3 cm³/mol. The summed E-state index contributed by atoms with van der Waals surface area (Å²) in [5.74, 6) is -0.675. The number of hydrogen-bond acceptors (Lipinski definition) is 2. The van der Waals surface area contributed by atoms with Crippen LogP contribution in [0.15, 0.2) is 18.2 Å². The van der Waals surface area contributed by atoms with Crippen LogP contribution < -0.4 is 10.2 Å². The van der Waals surface area contributed by atoms with E-state index in [1.165, 1.54) is 12.1 Å². The molecule has 0 aromatic heterocycles. The van der Waals surface area contributed by atoms with Gasteiger partial charge in [-0.3, -0.25) is 9.59 Å². The van der Waals surface area contributed by atoms with E-state index in [9.17, 15) is 14.0 Å². The minimum atomic E-state index is -0.950. The molecule has 1 saturated heterocycles. The van der Waals surface area contributed by atoms with E-state index < -0.39 is 5.54 Å². The summed E-state index contributed by atoms with van der Waals surface area (Å²) in [5.41, 5.74) is 0.378. The Balaban J connectivity index is 2.42. The molecule has 1 fully saturated rings. The summed E-state index contributed by atoms with van der Waals surface area (Å²) in [6.07, 6.45) is 0.242. The fourth-order valence-electron chi connectivity index (χ4n) is 2.27. The van der Waals surface area contributed by atoms with Crippen LogP contribution in [0, 0.1) is 12.7 Å². The van der Waals surface area contributed by atoms with Gasteiger partial charge in [-0.05, 0) is 44.5 Å². The molecule has 0 bridgehead atoms. The molecule has 1 N–H and O–H groups in total. The molecule has 0 atom stereocenters. The Hall–Kier alpha value is -1.91. The Morgan fingerprint density at radius 1 is 1.32 bits per heavy atom. The van der Waals surface area contributed by atoms with Gasteiger partial charge in [-0.1, -0.05) is 0 Å². The van der Waals surface area contributed by atoms with Crippen molar-refractivity contribution in [3.63, 3.8) is 0 Å². The summed E-state index contributed by atoms with van der Waals surface area (Å²) in [4.78, 5) is 25.6. The minimum Gasteiger partial charge on any atom is -0.342 e. The number of aryl methyl sites for hydroxylation is 1. The van der Waals surface area contributed by atoms with Crippen molar-refractivity contribution in [2.75, 3.05) is 11.4 Å². The molecule has 0 aliphatic carbocycles. The molecule has 1 aliphatic heterocycles. The third-order valence-electron chi connectivity index (χ3n) is 3.24. The van der Waals surface area contributed by atoms with Crippen molar-refractivity contribution < 1.29 is 14.0 Å². The van der Waals surface area contributed by atoms with Crippen molar-refractivity contribution >= 4 is 17.5 Å². The maximum atomic E-state index is 13.1. The lowest BCUT2D eigenvalue weighted by Crippen LogP contribution is -2.53. The summed E-state index contributed by atoms with van der Waals surface area (Å²) in [7, 11) is 0. The first kappa shape index (κ1) is 13.5. The average molecular weight is 264 g/mol. The molecular weight excluding hydrogens is 247 g/mol. The maximum Gasteiger partial charge on any atom is 0.252 e. The van der Waals surface area contributed by atoms with Gasteiger partial charge in [0.05, 0.1) is 0 Å². The smallest absolute Gasteiger partial charge is 0.252 e. The van der Waals surface area contributed by atoms with Crippen LogP contribution in [0.25, 0.3) is 0 Å². The van der Waals surface area contributed by atoms with Gasteiger partial charge < -0.3 is 10.2 Å². The van der Waals surface area contributed by atoms with Gasteiger partial charge in [0.1, 0.15) is 11.4 Å². The van der Waals surface area contributed by atoms with Gasteiger partial charge in [0, 0.05) is 18.7 Å². The van der Waals surface area contributed by atoms with E-state index in [2.05, 4.69) is 5.32 Å². The highest BCUT2D eigenvalue weighted by Crippen LogP contribution is 2.25. The first-order chi connectivity index (χ1) is 8.81. The molecular formula is C14H17FN2O2. The second-order valence-electron chi connectivity index (χ2n) is 5.31. The molecule has 0 spiro atoms. The van der Waals surface area contributed by atoms with Crippen LogP contribution in [0.1, 0.15) is 25.8 Å². The van der Waals surface area contributed by atoms with Gasteiger partial charge >= 0.3 is 0 Å². The van der Waals surface area contributed by atoms with Crippen LogP contribution in [-0.4, -0.2) is 23.9 Å². The zero-order chi connectivity index (χ0) is 14.2. The number of hydrogen-bond donors (Lipinski definition) is 1. The third kappa shape index (κ3) is 2.59. The SMILES string of the molecule is Cc1cc(F)ccc1N1CCC(=O)NC(C)(C)C1=O. The van der Waals surface area contributed by atoms with Crippen molar-refractivity contribution in [1.82, 2.24) is 5.32 Å². The second kappa shape index (κ2) is 4.64. The van der Waals surface area contributed by atoms with Gasteiger partial charge in [0.15, 0.2) is 0 Å². The van der Waals surface area contributed by atoms with Crippen molar-refractivity contribution in [2.45, 2.75) is 32.7 Å². The first-order valence-electron chi connectivity index (χ1n) is 6.20.